The number of allylic oxidation sites excluding steroid dienone is 20. The second kappa shape index (κ2) is 47.2. The maximum atomic E-state index is 13.3. The molecule has 0 radical (unpaired) electrons. The first-order chi connectivity index (χ1) is 51.0. The highest BCUT2D eigenvalue weighted by Crippen LogP contribution is 2.38. The van der Waals surface area contributed by atoms with E-state index in [1.54, 1.807) is 97.2 Å². The third kappa shape index (κ3) is 37.2. The smallest absolute Gasteiger partial charge is 0.389 e. The van der Waals surface area contributed by atoms with Gasteiger partial charge in [-0.25, -0.2) is 0 Å². The van der Waals surface area contributed by atoms with Crippen molar-refractivity contribution < 1.29 is 110 Å². The molecule has 8 atom stereocenters. The van der Waals surface area contributed by atoms with Crippen molar-refractivity contribution in [2.75, 3.05) is 0 Å². The number of unbranched alkanes of at least 4 members (excludes halogenated alkanes) is 4. The molecular weight excluding hydrogens is 1520 g/mol. The van der Waals surface area contributed by atoms with E-state index in [4.69, 9.17) is 65.4 Å². The zero-order chi connectivity index (χ0) is 79.5. The Labute approximate surface area is 643 Å². The molecule has 5 aliphatic rings. The van der Waals surface area contributed by atoms with Crippen LogP contribution in [0.1, 0.15) is 231 Å². The molecule has 5 rings (SSSR count). The number of rotatable bonds is 16. The number of halogens is 16. The quantitative estimate of drug-likeness (QED) is 0.0471. The summed E-state index contributed by atoms with van der Waals surface area (Å²) in [4.78, 5) is 106. The predicted octanol–water partition coefficient (Wildman–Crippen LogP) is 23.2. The molecule has 0 N–H and O–H groups in total. The molecule has 0 aromatic heterocycles. The van der Waals surface area contributed by atoms with E-state index in [1.165, 1.54) is 0 Å². The first-order valence-electron chi connectivity index (χ1n) is 37.2. The van der Waals surface area contributed by atoms with Crippen LogP contribution in [0, 0.1) is 23.7 Å². The van der Waals surface area contributed by atoms with Gasteiger partial charge in [0.15, 0.2) is 23.1 Å². The third-order valence-corrected chi connectivity index (χ3v) is 19.9. The summed E-state index contributed by atoms with van der Waals surface area (Å²) in [7, 11) is 0. The molecule has 4 aliphatic carbocycles. The maximum absolute atomic E-state index is 13.3. The number of fused-ring (bicyclic) bond motifs is 4. The van der Waals surface area contributed by atoms with Gasteiger partial charge in [0.05, 0.1) is 20.1 Å². The van der Waals surface area contributed by atoms with Crippen LogP contribution < -0.4 is 0 Å². The number of hydrogen-bond donors (Lipinski definition) is 0. The number of alkyl halides is 12. The first-order valence-corrected chi connectivity index (χ1v) is 38.7. The number of cyclic esters (lactones) is 4. The van der Waals surface area contributed by atoms with Crippen LogP contribution in [0.3, 0.4) is 0 Å². The summed E-state index contributed by atoms with van der Waals surface area (Å²) in [6.07, 6.45) is 4.06. The van der Waals surface area contributed by atoms with E-state index in [-0.39, 0.29) is 222 Å². The lowest BCUT2D eigenvalue weighted by Crippen LogP contribution is -2.19. The topological polar surface area (TPSA) is 173 Å². The van der Waals surface area contributed by atoms with E-state index in [1.807, 2.05) is 0 Å². The SMILES string of the molecule is O=C1CCC/C=C\CC2C=C(Cl)C(=O)/C2=C/C[C@@H](CCCCC(F)(F)F)OC(=O)CCC/C=C\C[C@H]2C=C(Cl)C(=O)/C2=C/C[C@H](CCCCC(F)(F)F)OC(=O)CCC/C=C\CC2C=C(Cl)C(=O)/C2=C/C[C@@H](CCCCC(F)(F)F)OC(=O)CCC/C=C\C[C@H]2C=C(Cl)C(=O)/C2=C/C[C@H](CCCCC(F)(F)F)O1. The van der Waals surface area contributed by atoms with Crippen LogP contribution in [-0.4, -0.2) is 96.1 Å². The highest BCUT2D eigenvalue weighted by atomic mass is 35.5. The lowest BCUT2D eigenvalue weighted by molar-refractivity contribution is -0.150. The summed E-state index contributed by atoms with van der Waals surface area (Å²) in [5.41, 5.74) is 1.15. The molecule has 28 heteroatoms. The van der Waals surface area contributed by atoms with Crippen LogP contribution in [-0.2, 0) is 57.3 Å². The van der Waals surface area contributed by atoms with Crippen molar-refractivity contribution in [3.05, 3.63) is 140 Å². The Kier molecular flexibility index (Phi) is 40.4. The molecule has 0 saturated carbocycles. The standard InChI is InChI=1S/C80H96Cl4F12O12/c81-65-49-53-25-9-1-5-13-33-69(97)105-57(29-17-21-45-77(85,86)87)38-42-62-54(50-66(82)74(62)102)26-10-3-7-15-35-71(99)107-59(31-19-23-47-79(91,92)93)40-44-64-56(52-68(84)76(64)104)28-12-4-8-16-36-72(100)108-60(32-20-24-48-80(94,95)96)39-43-63-55(51-67(83)75(63)103)27-11-2-6-14-34-70(98)106-58(37-41-61(53)73(65)101)30-18-22-46-78(88,89)90/h1-4,9-12,41-44,49-60H,5-8,13-40,45-48H2/b9-1-,10-3-,11-2-,12-4-,61-41+,62-42+,63-43+,64-44+/t53-,54?,55?,56-,57+,58-,59-,60+/m0/s1. The zero-order valence-corrected chi connectivity index (χ0v) is 63.3. The Morgan fingerprint density at radius 1 is 0.287 bits per heavy atom. The molecule has 0 amide bonds. The largest absolute Gasteiger partial charge is 0.462 e. The van der Waals surface area contributed by atoms with Gasteiger partial charge >= 0.3 is 48.6 Å². The van der Waals surface area contributed by atoms with Gasteiger partial charge in [0.1, 0.15) is 24.4 Å². The maximum Gasteiger partial charge on any atom is 0.389 e. The second-order valence-corrected chi connectivity index (χ2v) is 29.3. The molecule has 1 aliphatic heterocycles. The monoisotopic (exact) mass is 1620 g/mol. The highest BCUT2D eigenvalue weighted by molar-refractivity contribution is 6.47. The molecule has 0 aromatic rings. The molecule has 1 heterocycles. The van der Waals surface area contributed by atoms with Crippen molar-refractivity contribution in [2.45, 2.75) is 280 Å². The van der Waals surface area contributed by atoms with Crippen LogP contribution in [0.25, 0.3) is 0 Å². The lowest BCUT2D eigenvalue weighted by atomic mass is 9.95. The molecule has 0 saturated heterocycles. The Bertz CT molecular complexity index is 2980. The Balaban J connectivity index is 1.34. The van der Waals surface area contributed by atoms with Crippen molar-refractivity contribution >= 4 is 93.4 Å². The molecule has 12 nitrogen and oxygen atoms in total. The highest BCUT2D eigenvalue weighted by Gasteiger charge is 2.35. The summed E-state index contributed by atoms with van der Waals surface area (Å²) in [6, 6.07) is 0. The number of ketones is 4. The molecule has 0 fully saturated rings. The van der Waals surface area contributed by atoms with Gasteiger partial charge in [-0.2, -0.15) is 52.7 Å². The van der Waals surface area contributed by atoms with E-state index in [2.05, 4.69) is 0 Å². The lowest BCUT2D eigenvalue weighted by Gasteiger charge is -2.18. The van der Waals surface area contributed by atoms with Gasteiger partial charge in [-0.15, -0.1) is 0 Å². The Morgan fingerprint density at radius 2 is 0.481 bits per heavy atom. The van der Waals surface area contributed by atoms with E-state index in [9.17, 15) is 91.0 Å². The van der Waals surface area contributed by atoms with Crippen molar-refractivity contribution in [1.82, 2.24) is 0 Å². The summed E-state index contributed by atoms with van der Waals surface area (Å²) < 4.78 is 181. The van der Waals surface area contributed by atoms with Crippen molar-refractivity contribution in [2.24, 2.45) is 23.7 Å². The number of carbonyl (C=O) groups excluding carboxylic acids is 8. The molecule has 600 valence electrons. The van der Waals surface area contributed by atoms with Gasteiger partial charge in [-0.3, -0.25) is 38.4 Å². The third-order valence-electron chi connectivity index (χ3n) is 18.7. The first kappa shape index (κ1) is 92.4. The van der Waals surface area contributed by atoms with Crippen LogP contribution in [0.2, 0.25) is 0 Å². The zero-order valence-electron chi connectivity index (χ0n) is 60.3. The number of ether oxygens (including phenoxy) is 4. The van der Waals surface area contributed by atoms with Crippen molar-refractivity contribution in [1.29, 1.82) is 0 Å². The van der Waals surface area contributed by atoms with Gasteiger partial charge in [0, 0.05) is 123 Å². The minimum atomic E-state index is -4.41. The normalized spacial score (nSPS) is 28.0. The van der Waals surface area contributed by atoms with E-state index >= 15 is 0 Å². The molecule has 0 aromatic carbocycles. The number of hydrogen-bond acceptors (Lipinski definition) is 12. The second-order valence-electron chi connectivity index (χ2n) is 27.7. The predicted molar refractivity (Wildman–Crippen MR) is 389 cm³/mol. The summed E-state index contributed by atoms with van der Waals surface area (Å²) in [5, 5.41) is -0.226. The number of carbonyl (C=O) groups is 8. The molecule has 2 unspecified atom stereocenters. The van der Waals surface area contributed by atoms with Gasteiger partial charge in [0.2, 0.25) is 0 Å². The van der Waals surface area contributed by atoms with Crippen LogP contribution in [0.15, 0.2) is 140 Å². The average Bonchev–Trinajstić information content (AvgIpc) is 1.71. The summed E-state index contributed by atoms with van der Waals surface area (Å²) in [6.45, 7) is 0. The molecule has 0 spiro atoms. The minimum Gasteiger partial charge on any atom is -0.462 e. The van der Waals surface area contributed by atoms with Gasteiger partial charge in [0.25, 0.3) is 0 Å². The van der Waals surface area contributed by atoms with Gasteiger partial charge in [-0.1, -0.05) is 144 Å². The fourth-order valence-corrected chi connectivity index (χ4v) is 14.0. The van der Waals surface area contributed by atoms with Crippen LogP contribution in [0.5, 0.6) is 0 Å². The molecule has 108 heavy (non-hydrogen) atoms. The Morgan fingerprint density at radius 3 is 0.667 bits per heavy atom. The number of Topliss-reactive ketones (excluding diaryl/α,β-unsaturated/α-hetero) is 4. The van der Waals surface area contributed by atoms with E-state index < -0.39 is 145 Å². The van der Waals surface area contributed by atoms with Gasteiger partial charge < -0.3 is 18.9 Å². The van der Waals surface area contributed by atoms with Crippen molar-refractivity contribution in [3.8, 4) is 0 Å². The average molecular weight is 1620 g/mol. The summed E-state index contributed by atoms with van der Waals surface area (Å²) in [5.74, 6) is -6.53. The molecular formula is C80H96Cl4F12O12. The fraction of sp³-hybridized carbons (Fsp3) is 0.600. The number of esters is 4. The fourth-order valence-electron chi connectivity index (χ4n) is 13.0. The Hall–Kier alpha value is -6.24. The van der Waals surface area contributed by atoms with Crippen LogP contribution >= 0.6 is 46.4 Å². The minimum absolute atomic E-state index is 0.0128. The van der Waals surface area contributed by atoms with E-state index in [0.717, 1.165) is 0 Å². The van der Waals surface area contributed by atoms with E-state index in [0.29, 0.717) is 25.7 Å². The van der Waals surface area contributed by atoms with Crippen LogP contribution in [0.4, 0.5) is 52.7 Å². The van der Waals surface area contributed by atoms with Gasteiger partial charge in [-0.05, 0) is 154 Å². The molecule has 0 bridgehead atoms. The van der Waals surface area contributed by atoms with Crippen molar-refractivity contribution in [3.63, 3.8) is 0 Å². The summed E-state index contributed by atoms with van der Waals surface area (Å²) >= 11 is 25.3.